The predicted molar refractivity (Wildman–Crippen MR) is 133 cm³/mol. The first-order valence-corrected chi connectivity index (χ1v) is 11.6. The highest BCUT2D eigenvalue weighted by molar-refractivity contribution is 5.85. The van der Waals surface area contributed by atoms with Gasteiger partial charge in [-0.05, 0) is 72.0 Å². The minimum Gasteiger partial charge on any atom is -0.206 e. The van der Waals surface area contributed by atoms with Gasteiger partial charge >= 0.3 is 0 Å². The van der Waals surface area contributed by atoms with Crippen molar-refractivity contribution in [1.29, 1.82) is 5.26 Å². The molecule has 0 amide bonds. The molecular weight excluding hydrogens is 424 g/mol. The van der Waals surface area contributed by atoms with Crippen LogP contribution in [-0.2, 0) is 19.3 Å². The van der Waals surface area contributed by atoms with E-state index in [2.05, 4.69) is 43.0 Å². The van der Waals surface area contributed by atoms with Gasteiger partial charge in [0.25, 0.3) is 0 Å². The van der Waals surface area contributed by atoms with Gasteiger partial charge < -0.3 is 0 Å². The van der Waals surface area contributed by atoms with E-state index in [1.165, 1.54) is 36.1 Å². The van der Waals surface area contributed by atoms with Crippen LogP contribution in [-0.4, -0.2) is 0 Å². The molecule has 3 heteroatoms. The number of unbranched alkanes of at least 4 members (excludes halogenated alkanes) is 1. The lowest BCUT2D eigenvalue weighted by atomic mass is 9.98. The number of hydrogen-bond acceptors (Lipinski definition) is 1. The zero-order valence-electron chi connectivity index (χ0n) is 19.2. The molecule has 1 nitrogen and oxygen atoms in total. The molecule has 0 aliphatic carbocycles. The molecule has 168 valence electrons. The highest BCUT2D eigenvalue weighted by Gasteiger charge is 2.07. The smallest absolute Gasteiger partial charge is 0.146 e. The van der Waals surface area contributed by atoms with E-state index in [1.807, 2.05) is 18.2 Å². The van der Waals surface area contributed by atoms with Crippen LogP contribution in [0.4, 0.5) is 8.78 Å². The third-order valence-corrected chi connectivity index (χ3v) is 5.99. The van der Waals surface area contributed by atoms with Crippen molar-refractivity contribution in [1.82, 2.24) is 0 Å². The second kappa shape index (κ2) is 10.8. The summed E-state index contributed by atoms with van der Waals surface area (Å²) in [6.07, 6.45) is 5.37. The Morgan fingerprint density at radius 2 is 1.38 bits per heavy atom. The lowest BCUT2D eigenvalue weighted by Crippen LogP contribution is -1.94. The minimum absolute atomic E-state index is 0.0396. The van der Waals surface area contributed by atoms with E-state index < -0.39 is 5.82 Å². The number of benzene rings is 4. The van der Waals surface area contributed by atoms with Crippen molar-refractivity contribution in [3.8, 4) is 17.9 Å². The van der Waals surface area contributed by atoms with E-state index in [-0.39, 0.29) is 16.9 Å². The Morgan fingerprint density at radius 1 is 0.706 bits per heavy atom. The van der Waals surface area contributed by atoms with Gasteiger partial charge in [0.05, 0.1) is 11.1 Å². The zero-order chi connectivity index (χ0) is 23.9. The number of nitriles is 1. The van der Waals surface area contributed by atoms with E-state index in [0.717, 1.165) is 30.2 Å². The topological polar surface area (TPSA) is 23.8 Å². The maximum absolute atomic E-state index is 15.1. The summed E-state index contributed by atoms with van der Waals surface area (Å²) >= 11 is 0. The summed E-state index contributed by atoms with van der Waals surface area (Å²) in [6, 6.07) is 24.1. The Bertz CT molecular complexity index is 1420. The van der Waals surface area contributed by atoms with Crippen LogP contribution >= 0.6 is 0 Å². The second-order valence-electron chi connectivity index (χ2n) is 8.46. The Labute approximate surface area is 199 Å². The lowest BCUT2D eigenvalue weighted by Gasteiger charge is -2.07. The van der Waals surface area contributed by atoms with Crippen molar-refractivity contribution in [2.24, 2.45) is 0 Å². The summed E-state index contributed by atoms with van der Waals surface area (Å²) in [4.78, 5) is 0. The van der Waals surface area contributed by atoms with Crippen LogP contribution in [0.1, 0.15) is 53.1 Å². The van der Waals surface area contributed by atoms with Crippen LogP contribution < -0.4 is 0 Å². The number of halogens is 2. The Balaban J connectivity index is 1.48. The van der Waals surface area contributed by atoms with Crippen molar-refractivity contribution in [2.45, 2.75) is 39.0 Å². The van der Waals surface area contributed by atoms with E-state index in [1.54, 1.807) is 24.3 Å². The highest BCUT2D eigenvalue weighted by Crippen LogP contribution is 2.23. The van der Waals surface area contributed by atoms with Gasteiger partial charge in [-0.1, -0.05) is 73.7 Å². The van der Waals surface area contributed by atoms with Crippen LogP contribution in [0.2, 0.25) is 0 Å². The predicted octanol–water partition coefficient (Wildman–Crippen LogP) is 7.52. The van der Waals surface area contributed by atoms with Gasteiger partial charge in [-0.15, -0.1) is 0 Å². The normalized spacial score (nSPS) is 10.5. The van der Waals surface area contributed by atoms with Gasteiger partial charge in [0, 0.05) is 10.9 Å². The van der Waals surface area contributed by atoms with Crippen LogP contribution in [0.15, 0.2) is 72.8 Å². The van der Waals surface area contributed by atoms with Crippen molar-refractivity contribution in [2.75, 3.05) is 0 Å². The molecule has 0 saturated heterocycles. The van der Waals surface area contributed by atoms with Crippen molar-refractivity contribution < 1.29 is 8.78 Å². The fraction of sp³-hybridized carbons (Fsp3) is 0.194. The Kier molecular flexibility index (Phi) is 7.36. The monoisotopic (exact) mass is 449 g/mol. The summed E-state index contributed by atoms with van der Waals surface area (Å²) in [5.74, 6) is 4.56. The van der Waals surface area contributed by atoms with Gasteiger partial charge in [-0.2, -0.15) is 5.26 Å². The first-order valence-electron chi connectivity index (χ1n) is 11.6. The Morgan fingerprint density at radius 3 is 2.09 bits per heavy atom. The van der Waals surface area contributed by atoms with E-state index in [9.17, 15) is 4.39 Å². The minimum atomic E-state index is -0.631. The third kappa shape index (κ3) is 5.51. The molecule has 0 atom stereocenters. The molecule has 0 radical (unpaired) electrons. The van der Waals surface area contributed by atoms with Crippen molar-refractivity contribution in [3.05, 3.63) is 118 Å². The highest BCUT2D eigenvalue weighted by atomic mass is 19.1. The molecule has 0 fully saturated rings. The number of hydrogen-bond donors (Lipinski definition) is 0. The fourth-order valence-electron chi connectivity index (χ4n) is 3.96. The molecule has 0 heterocycles. The summed E-state index contributed by atoms with van der Waals surface area (Å²) < 4.78 is 28.8. The molecule has 0 saturated carbocycles. The molecular formula is C31H25F2N. The largest absolute Gasteiger partial charge is 0.206 e. The van der Waals surface area contributed by atoms with Crippen LogP contribution in [0.5, 0.6) is 0 Å². The average Bonchev–Trinajstić information content (AvgIpc) is 2.86. The molecule has 0 unspecified atom stereocenters. The maximum Gasteiger partial charge on any atom is 0.146 e. The molecule has 0 aliphatic heterocycles. The van der Waals surface area contributed by atoms with E-state index in [0.29, 0.717) is 10.9 Å². The number of rotatable bonds is 6. The number of nitrogens with zero attached hydrogens (tertiary/aromatic N) is 1. The molecule has 0 bridgehead atoms. The van der Waals surface area contributed by atoms with Gasteiger partial charge in [0.15, 0.2) is 0 Å². The molecule has 4 rings (SSSR count). The molecule has 0 aromatic heterocycles. The van der Waals surface area contributed by atoms with Crippen LogP contribution in [0.3, 0.4) is 0 Å². The molecule has 4 aromatic rings. The van der Waals surface area contributed by atoms with Gasteiger partial charge in [0.2, 0.25) is 0 Å². The van der Waals surface area contributed by atoms with Crippen LogP contribution in [0, 0.1) is 34.8 Å². The average molecular weight is 450 g/mol. The fourth-order valence-corrected chi connectivity index (χ4v) is 3.96. The SMILES string of the molecule is CCCCc1ccc(CCc2ccc3c(F)c(C#Cc4ccc(C#N)c(F)c4)ccc3c2)cc1. The summed E-state index contributed by atoms with van der Waals surface area (Å²) in [7, 11) is 0. The summed E-state index contributed by atoms with van der Waals surface area (Å²) in [5, 5.41) is 10.2. The number of aryl methyl sites for hydroxylation is 3. The molecule has 0 spiro atoms. The standard InChI is InChI=1S/C31H25F2N/c1-2-3-4-22-5-7-23(8-6-22)9-10-24-13-18-29-27(19-24)17-16-26(31(29)33)14-11-25-12-15-28(21-34)30(32)20-25/h5-8,12-13,15-20H,2-4,9-10H2,1H3. The van der Waals surface area contributed by atoms with Crippen molar-refractivity contribution in [3.63, 3.8) is 0 Å². The summed E-state index contributed by atoms with van der Waals surface area (Å²) in [5.41, 5.74) is 4.46. The van der Waals surface area contributed by atoms with Crippen molar-refractivity contribution >= 4 is 10.8 Å². The van der Waals surface area contributed by atoms with Gasteiger partial charge in [0.1, 0.15) is 17.7 Å². The quantitative estimate of drug-likeness (QED) is 0.279. The first kappa shape index (κ1) is 23.2. The first-order chi connectivity index (χ1) is 16.6. The Hall–Kier alpha value is -3.95. The van der Waals surface area contributed by atoms with Crippen LogP contribution in [0.25, 0.3) is 10.8 Å². The zero-order valence-corrected chi connectivity index (χ0v) is 19.2. The molecule has 0 aliphatic rings. The molecule has 4 aromatic carbocycles. The molecule has 34 heavy (non-hydrogen) atoms. The lowest BCUT2D eigenvalue weighted by molar-refractivity contribution is 0.623. The van der Waals surface area contributed by atoms with E-state index >= 15 is 4.39 Å². The van der Waals surface area contributed by atoms with E-state index in [4.69, 9.17) is 5.26 Å². The maximum atomic E-state index is 15.1. The molecule has 0 N–H and O–H groups in total. The van der Waals surface area contributed by atoms with Gasteiger partial charge in [-0.3, -0.25) is 0 Å². The number of fused-ring (bicyclic) bond motifs is 1. The summed E-state index contributed by atoms with van der Waals surface area (Å²) in [6.45, 7) is 2.21. The third-order valence-electron chi connectivity index (χ3n) is 5.99. The second-order valence-corrected chi connectivity index (χ2v) is 8.46. The van der Waals surface area contributed by atoms with Gasteiger partial charge in [-0.25, -0.2) is 8.78 Å².